The Balaban J connectivity index is 0.000000152. The maximum Gasteiger partial charge on any atom is 0.0952 e. The van der Waals surface area contributed by atoms with Crippen LogP contribution >= 0.6 is 0 Å². The fourth-order valence-electron chi connectivity index (χ4n) is 9.94. The fraction of sp³-hybridized carbons (Fsp3) is 0.360. The van der Waals surface area contributed by atoms with Gasteiger partial charge in [-0.25, -0.2) is 0 Å². The molecule has 4 aromatic heterocycles. The summed E-state index contributed by atoms with van der Waals surface area (Å²) >= 11 is 0. The lowest BCUT2D eigenvalue weighted by atomic mass is 9.74. The van der Waals surface area contributed by atoms with E-state index in [0.717, 1.165) is 48.0 Å². The molecule has 10 rings (SSSR count). The molecule has 0 aliphatic carbocycles. The highest BCUT2D eigenvalue weighted by Crippen LogP contribution is 2.39. The van der Waals surface area contributed by atoms with Crippen LogP contribution in [0.2, 0.25) is 0 Å². The molecule has 296 valence electrons. The van der Waals surface area contributed by atoms with Crippen LogP contribution in [-0.2, 0) is 14.1 Å². The summed E-state index contributed by atoms with van der Waals surface area (Å²) in [5.41, 5.74) is 14.4. The number of piperidine rings is 2. The first kappa shape index (κ1) is 38.1. The molecule has 0 radical (unpaired) electrons. The number of aromatic nitrogens is 6. The quantitative estimate of drug-likeness (QED) is 0.185. The van der Waals surface area contributed by atoms with Crippen molar-refractivity contribution in [3.05, 3.63) is 120 Å². The van der Waals surface area contributed by atoms with Crippen LogP contribution in [-0.4, -0.2) is 53.7 Å². The van der Waals surface area contributed by atoms with Crippen LogP contribution in [0.4, 0.5) is 0 Å². The van der Waals surface area contributed by atoms with Crippen molar-refractivity contribution in [3.8, 4) is 22.3 Å². The van der Waals surface area contributed by atoms with Gasteiger partial charge in [0.25, 0.3) is 0 Å². The summed E-state index contributed by atoms with van der Waals surface area (Å²) in [4.78, 5) is 10.1. The molecular formula is C50H56N8. The van der Waals surface area contributed by atoms with Crippen LogP contribution in [0, 0.1) is 13.8 Å². The van der Waals surface area contributed by atoms with Crippen molar-refractivity contribution in [1.82, 2.24) is 40.2 Å². The second-order valence-corrected chi connectivity index (χ2v) is 18.4. The zero-order valence-corrected chi connectivity index (χ0v) is 35.3. The molecule has 58 heavy (non-hydrogen) atoms. The van der Waals surface area contributed by atoms with Gasteiger partial charge in [0, 0.05) is 82.3 Å². The maximum atomic E-state index is 5.09. The van der Waals surface area contributed by atoms with Gasteiger partial charge in [-0.1, -0.05) is 24.3 Å². The van der Waals surface area contributed by atoms with E-state index in [9.17, 15) is 0 Å². The Labute approximate surface area is 342 Å². The molecule has 2 N–H and O–H groups in total. The van der Waals surface area contributed by atoms with Gasteiger partial charge in [-0.3, -0.25) is 19.3 Å². The average Bonchev–Trinajstić information content (AvgIpc) is 3.78. The number of benzene rings is 4. The van der Waals surface area contributed by atoms with Crippen molar-refractivity contribution in [2.45, 2.75) is 90.1 Å². The van der Waals surface area contributed by atoms with Crippen molar-refractivity contribution in [2.75, 3.05) is 13.1 Å². The molecule has 2 aliphatic heterocycles. The smallest absolute Gasteiger partial charge is 0.0952 e. The third kappa shape index (κ3) is 7.75. The Morgan fingerprint density at radius 2 is 0.983 bits per heavy atom. The first-order chi connectivity index (χ1) is 27.8. The number of hydrogen-bond donors (Lipinski definition) is 2. The van der Waals surface area contributed by atoms with Crippen molar-refractivity contribution in [2.24, 2.45) is 14.1 Å². The van der Waals surface area contributed by atoms with Gasteiger partial charge in [-0.15, -0.1) is 0 Å². The van der Waals surface area contributed by atoms with Gasteiger partial charge < -0.3 is 10.6 Å². The average molecular weight is 769 g/mol. The molecule has 2 saturated heterocycles. The zero-order valence-electron chi connectivity index (χ0n) is 35.3. The van der Waals surface area contributed by atoms with Gasteiger partial charge in [0.1, 0.15) is 0 Å². The van der Waals surface area contributed by atoms with Gasteiger partial charge in [0.05, 0.1) is 22.1 Å². The minimum Gasteiger partial charge on any atom is -0.317 e. The monoisotopic (exact) mass is 768 g/mol. The topological polar surface area (TPSA) is 85.5 Å². The van der Waals surface area contributed by atoms with Crippen LogP contribution in [0.3, 0.4) is 0 Å². The maximum absolute atomic E-state index is 5.09. The summed E-state index contributed by atoms with van der Waals surface area (Å²) < 4.78 is 3.77. The van der Waals surface area contributed by atoms with Crippen molar-refractivity contribution < 1.29 is 0 Å². The Hall–Kier alpha value is -5.44. The molecule has 2 fully saturated rings. The predicted molar refractivity (Wildman–Crippen MR) is 240 cm³/mol. The first-order valence-corrected chi connectivity index (χ1v) is 21.0. The van der Waals surface area contributed by atoms with Crippen molar-refractivity contribution in [1.29, 1.82) is 0 Å². The number of nitrogens with one attached hydrogen (secondary N) is 2. The lowest BCUT2D eigenvalue weighted by Gasteiger charge is -2.46. The van der Waals surface area contributed by atoms with E-state index in [-0.39, 0.29) is 11.1 Å². The molecule has 0 spiro atoms. The highest BCUT2D eigenvalue weighted by atomic mass is 15.2. The molecule has 0 bridgehead atoms. The van der Waals surface area contributed by atoms with Crippen molar-refractivity contribution >= 4 is 43.6 Å². The summed E-state index contributed by atoms with van der Waals surface area (Å²) in [6.45, 7) is 15.7. The summed E-state index contributed by atoms with van der Waals surface area (Å²) in [6.07, 6.45) is 8.75. The number of rotatable bonds is 4. The Bertz CT molecular complexity index is 2800. The SMILES string of the molecule is Cc1cc(-c2ccc3nc(C4CC(C)(C)NC(C)(C)C4)ccc3c2)cc2cn(C)nc12.Cc1cc(-c2ccc3nc(C4CCNCC4)ccc3c2)cc2cn(C)nc12. The van der Waals surface area contributed by atoms with Crippen LogP contribution in [0.5, 0.6) is 0 Å². The van der Waals surface area contributed by atoms with Gasteiger partial charge in [-0.2, -0.15) is 10.2 Å². The van der Waals surface area contributed by atoms with E-state index in [0.29, 0.717) is 11.8 Å². The molecule has 0 saturated carbocycles. The van der Waals surface area contributed by atoms with Gasteiger partial charge in [0.15, 0.2) is 0 Å². The number of fused-ring (bicyclic) bond motifs is 4. The third-order valence-corrected chi connectivity index (χ3v) is 12.3. The Morgan fingerprint density at radius 3 is 1.47 bits per heavy atom. The molecule has 0 atom stereocenters. The Morgan fingerprint density at radius 1 is 0.534 bits per heavy atom. The summed E-state index contributed by atoms with van der Waals surface area (Å²) in [6, 6.07) is 31.1. The molecule has 2 aliphatic rings. The van der Waals surface area contributed by atoms with Crippen LogP contribution in [0.1, 0.15) is 87.7 Å². The predicted octanol–water partition coefficient (Wildman–Crippen LogP) is 10.7. The zero-order chi connectivity index (χ0) is 40.3. The minimum atomic E-state index is 0.121. The first-order valence-electron chi connectivity index (χ1n) is 21.0. The molecule has 8 nitrogen and oxygen atoms in total. The third-order valence-electron chi connectivity index (χ3n) is 12.3. The van der Waals surface area contributed by atoms with E-state index in [2.05, 4.69) is 160 Å². The number of hydrogen-bond acceptors (Lipinski definition) is 6. The number of nitrogens with zero attached hydrogens (tertiary/aromatic N) is 6. The standard InChI is InChI=1S/C27H32N4.C23H24N4/c1-17-11-20(13-21-16-31(6)29-25(17)21)18-7-9-23-19(12-18)8-10-24(28-23)22-14-26(2,3)30-27(4,5)15-22;1-15-11-19(13-20-14-27(2)26-23(15)20)17-3-5-22-18(12-17)4-6-21(25-22)16-7-9-24-10-8-16/h7-13,16,22,30H,14-15H2,1-6H3;3-6,11-14,16,24H,7-10H2,1-2H3. The van der Waals surface area contributed by atoms with Crippen LogP contribution < -0.4 is 10.6 Å². The van der Waals surface area contributed by atoms with E-state index in [4.69, 9.17) is 9.97 Å². The second kappa shape index (κ2) is 14.7. The molecule has 8 heteroatoms. The highest BCUT2D eigenvalue weighted by molar-refractivity contribution is 5.91. The minimum absolute atomic E-state index is 0.121. The van der Waals surface area contributed by atoms with Gasteiger partial charge in [-0.05, 0) is 174 Å². The van der Waals surface area contributed by atoms with Crippen molar-refractivity contribution in [3.63, 3.8) is 0 Å². The van der Waals surface area contributed by atoms with E-state index in [1.807, 2.05) is 23.5 Å². The summed E-state index contributed by atoms with van der Waals surface area (Å²) in [5.74, 6) is 1.07. The molecule has 8 aromatic rings. The largest absolute Gasteiger partial charge is 0.317 e. The lowest BCUT2D eigenvalue weighted by Crippen LogP contribution is -2.57. The molecule has 4 aromatic carbocycles. The summed E-state index contributed by atoms with van der Waals surface area (Å²) in [7, 11) is 3.95. The molecule has 0 unspecified atom stereocenters. The number of pyridine rings is 2. The van der Waals surface area contributed by atoms with Gasteiger partial charge >= 0.3 is 0 Å². The fourth-order valence-corrected chi connectivity index (χ4v) is 9.94. The van der Waals surface area contributed by atoms with E-state index < -0.39 is 0 Å². The van der Waals surface area contributed by atoms with E-state index >= 15 is 0 Å². The van der Waals surface area contributed by atoms with Crippen LogP contribution in [0.15, 0.2) is 97.3 Å². The second-order valence-electron chi connectivity index (χ2n) is 18.4. The van der Waals surface area contributed by atoms with Gasteiger partial charge in [0.2, 0.25) is 0 Å². The molecular weight excluding hydrogens is 713 g/mol. The molecule has 0 amide bonds. The number of aryl methyl sites for hydroxylation is 4. The lowest BCUT2D eigenvalue weighted by molar-refractivity contribution is 0.160. The highest BCUT2D eigenvalue weighted by Gasteiger charge is 2.38. The van der Waals surface area contributed by atoms with E-state index in [1.165, 1.54) is 79.2 Å². The van der Waals surface area contributed by atoms with Crippen LogP contribution in [0.25, 0.3) is 65.9 Å². The normalized spacial score (nSPS) is 17.2. The molecule has 6 heterocycles. The summed E-state index contributed by atoms with van der Waals surface area (Å²) in [5, 5.41) is 21.1. The van der Waals surface area contributed by atoms with E-state index in [1.54, 1.807) is 0 Å². The Kier molecular flexibility index (Phi) is 9.68.